The zero-order valence-electron chi connectivity index (χ0n) is 15.7. The largest absolute Gasteiger partial charge is 0.336 e. The molecule has 0 unspecified atom stereocenters. The van der Waals surface area contributed by atoms with Gasteiger partial charge in [0, 0.05) is 32.4 Å². The Morgan fingerprint density at radius 2 is 1.57 bits per heavy atom. The summed E-state index contributed by atoms with van der Waals surface area (Å²) in [4.78, 5) is 34.5. The SMILES string of the molecule is O=C(c1nc(C(=O)N2CCCC2)n2ccccc12)N1CCc2ccccc2C1. The Kier molecular flexibility index (Phi) is 4.11. The molecule has 1 fully saturated rings. The molecule has 0 radical (unpaired) electrons. The van der Waals surface area contributed by atoms with Crippen LogP contribution in [0.4, 0.5) is 0 Å². The lowest BCUT2D eigenvalue weighted by atomic mass is 10.00. The van der Waals surface area contributed by atoms with E-state index in [-0.39, 0.29) is 11.8 Å². The van der Waals surface area contributed by atoms with Crippen LogP contribution >= 0.6 is 0 Å². The highest BCUT2D eigenvalue weighted by Gasteiger charge is 2.29. The number of fused-ring (bicyclic) bond motifs is 2. The quantitative estimate of drug-likeness (QED) is 0.693. The number of rotatable bonds is 2. The van der Waals surface area contributed by atoms with Gasteiger partial charge in [-0.25, -0.2) is 4.98 Å². The first kappa shape index (κ1) is 17.0. The monoisotopic (exact) mass is 374 g/mol. The molecule has 6 heteroatoms. The molecule has 3 aromatic rings. The lowest BCUT2D eigenvalue weighted by Gasteiger charge is -2.28. The second kappa shape index (κ2) is 6.78. The summed E-state index contributed by atoms with van der Waals surface area (Å²) < 4.78 is 1.76. The maximum absolute atomic E-state index is 13.3. The van der Waals surface area contributed by atoms with E-state index >= 15 is 0 Å². The van der Waals surface area contributed by atoms with Crippen LogP contribution < -0.4 is 0 Å². The second-order valence-corrected chi connectivity index (χ2v) is 7.48. The molecule has 0 aliphatic carbocycles. The Hall–Kier alpha value is -3.15. The molecule has 0 saturated carbocycles. The van der Waals surface area contributed by atoms with Crippen molar-refractivity contribution in [1.29, 1.82) is 0 Å². The van der Waals surface area contributed by atoms with Crippen LogP contribution in [0, 0.1) is 0 Å². The molecule has 1 saturated heterocycles. The van der Waals surface area contributed by atoms with Gasteiger partial charge in [-0.1, -0.05) is 30.3 Å². The highest BCUT2D eigenvalue weighted by atomic mass is 16.2. The summed E-state index contributed by atoms with van der Waals surface area (Å²) in [6, 6.07) is 13.8. The summed E-state index contributed by atoms with van der Waals surface area (Å²) in [5.41, 5.74) is 3.53. The fourth-order valence-corrected chi connectivity index (χ4v) is 4.23. The number of benzene rings is 1. The summed E-state index contributed by atoms with van der Waals surface area (Å²) in [5.74, 6) is 0.124. The molecule has 28 heavy (non-hydrogen) atoms. The van der Waals surface area contributed by atoms with Gasteiger partial charge in [0.05, 0.1) is 5.52 Å². The Labute approximate surface area is 163 Å². The lowest BCUT2D eigenvalue weighted by Crippen LogP contribution is -2.36. The minimum Gasteiger partial charge on any atom is -0.336 e. The van der Waals surface area contributed by atoms with Gasteiger partial charge in [-0.15, -0.1) is 0 Å². The zero-order chi connectivity index (χ0) is 19.1. The molecule has 6 nitrogen and oxygen atoms in total. The van der Waals surface area contributed by atoms with E-state index in [0.29, 0.717) is 30.1 Å². The lowest BCUT2D eigenvalue weighted by molar-refractivity contribution is 0.0731. The molecular formula is C22H22N4O2. The Balaban J connectivity index is 1.51. The van der Waals surface area contributed by atoms with Crippen molar-refractivity contribution in [3.63, 3.8) is 0 Å². The molecule has 2 aliphatic rings. The second-order valence-electron chi connectivity index (χ2n) is 7.48. The molecule has 1 aromatic carbocycles. The minimum absolute atomic E-state index is 0.0956. The maximum atomic E-state index is 13.3. The van der Waals surface area contributed by atoms with Crippen molar-refractivity contribution >= 4 is 17.3 Å². The highest BCUT2D eigenvalue weighted by molar-refractivity contribution is 6.02. The average molecular weight is 374 g/mol. The predicted octanol–water partition coefficient (Wildman–Crippen LogP) is 2.77. The van der Waals surface area contributed by atoms with Gasteiger partial charge in [-0.3, -0.25) is 14.0 Å². The number of likely N-dealkylation sites (tertiary alicyclic amines) is 1. The molecule has 0 N–H and O–H groups in total. The topological polar surface area (TPSA) is 57.9 Å². The van der Waals surface area contributed by atoms with E-state index in [9.17, 15) is 9.59 Å². The first-order chi connectivity index (χ1) is 13.7. The van der Waals surface area contributed by atoms with E-state index in [0.717, 1.165) is 32.4 Å². The van der Waals surface area contributed by atoms with Crippen LogP contribution in [0.2, 0.25) is 0 Å². The zero-order valence-corrected chi connectivity index (χ0v) is 15.7. The van der Waals surface area contributed by atoms with E-state index in [1.807, 2.05) is 46.3 Å². The van der Waals surface area contributed by atoms with E-state index in [1.54, 1.807) is 4.40 Å². The summed E-state index contributed by atoms with van der Waals surface area (Å²) >= 11 is 0. The van der Waals surface area contributed by atoms with Crippen LogP contribution in [0.15, 0.2) is 48.7 Å². The fraction of sp³-hybridized carbons (Fsp3) is 0.318. The van der Waals surface area contributed by atoms with Crippen LogP contribution in [0.5, 0.6) is 0 Å². The molecule has 0 spiro atoms. The molecule has 0 bridgehead atoms. The van der Waals surface area contributed by atoms with Crippen molar-refractivity contribution in [1.82, 2.24) is 19.2 Å². The number of imidazole rings is 1. The number of hydrogen-bond acceptors (Lipinski definition) is 3. The van der Waals surface area contributed by atoms with E-state index < -0.39 is 0 Å². The van der Waals surface area contributed by atoms with Crippen LogP contribution in [0.25, 0.3) is 5.52 Å². The van der Waals surface area contributed by atoms with Gasteiger partial charge >= 0.3 is 0 Å². The Bertz CT molecular complexity index is 1070. The van der Waals surface area contributed by atoms with Crippen LogP contribution in [0.3, 0.4) is 0 Å². The van der Waals surface area contributed by atoms with Gasteiger partial charge in [0.25, 0.3) is 11.8 Å². The first-order valence-electron chi connectivity index (χ1n) is 9.85. The standard InChI is InChI=1S/C22H22N4O2/c27-21(25-14-10-16-7-1-2-8-17(16)15-25)19-18-9-3-4-13-26(18)20(23-19)22(28)24-11-5-6-12-24/h1-4,7-9,13H,5-6,10-12,14-15H2. The van der Waals surface area contributed by atoms with E-state index in [2.05, 4.69) is 17.1 Å². The normalized spacial score (nSPS) is 16.4. The van der Waals surface area contributed by atoms with Gasteiger partial charge in [0.15, 0.2) is 5.69 Å². The minimum atomic E-state index is -0.112. The van der Waals surface area contributed by atoms with Crippen molar-refractivity contribution in [3.05, 3.63) is 71.3 Å². The molecule has 0 atom stereocenters. The molecule has 142 valence electrons. The first-order valence-corrected chi connectivity index (χ1v) is 9.85. The summed E-state index contributed by atoms with van der Waals surface area (Å²) in [6.45, 7) is 2.76. The van der Waals surface area contributed by atoms with Gasteiger partial charge in [-0.05, 0) is 42.5 Å². The van der Waals surface area contributed by atoms with Gasteiger partial charge < -0.3 is 9.80 Å². The van der Waals surface area contributed by atoms with Crippen LogP contribution in [0.1, 0.15) is 45.1 Å². The third kappa shape index (κ3) is 2.76. The van der Waals surface area contributed by atoms with Crippen molar-refractivity contribution in [2.24, 2.45) is 0 Å². The summed E-state index contributed by atoms with van der Waals surface area (Å²) in [7, 11) is 0. The molecule has 2 aromatic heterocycles. The van der Waals surface area contributed by atoms with Crippen LogP contribution in [-0.2, 0) is 13.0 Å². The fourth-order valence-electron chi connectivity index (χ4n) is 4.23. The molecular weight excluding hydrogens is 352 g/mol. The number of carbonyl (C=O) groups is 2. The highest BCUT2D eigenvalue weighted by Crippen LogP contribution is 2.23. The Morgan fingerprint density at radius 3 is 2.39 bits per heavy atom. The van der Waals surface area contributed by atoms with Gasteiger partial charge in [0.1, 0.15) is 0 Å². The molecule has 2 aliphatic heterocycles. The number of nitrogens with zero attached hydrogens (tertiary/aromatic N) is 4. The molecule has 2 amide bonds. The van der Waals surface area contributed by atoms with Gasteiger partial charge in [0.2, 0.25) is 5.82 Å². The number of carbonyl (C=O) groups excluding carboxylic acids is 2. The van der Waals surface area contributed by atoms with Crippen molar-refractivity contribution in [3.8, 4) is 0 Å². The smallest absolute Gasteiger partial charge is 0.290 e. The third-order valence-electron chi connectivity index (χ3n) is 5.75. The van der Waals surface area contributed by atoms with Crippen molar-refractivity contribution in [2.45, 2.75) is 25.8 Å². The third-order valence-corrected chi connectivity index (χ3v) is 5.75. The average Bonchev–Trinajstić information content (AvgIpc) is 3.41. The summed E-state index contributed by atoms with van der Waals surface area (Å²) in [6.07, 6.45) is 4.70. The molecule has 5 rings (SSSR count). The maximum Gasteiger partial charge on any atom is 0.290 e. The van der Waals surface area contributed by atoms with Crippen LogP contribution in [-0.4, -0.2) is 50.6 Å². The number of amides is 2. The van der Waals surface area contributed by atoms with Crippen molar-refractivity contribution in [2.75, 3.05) is 19.6 Å². The van der Waals surface area contributed by atoms with E-state index in [4.69, 9.17) is 0 Å². The van der Waals surface area contributed by atoms with Gasteiger partial charge in [-0.2, -0.15) is 0 Å². The number of hydrogen-bond donors (Lipinski definition) is 0. The predicted molar refractivity (Wildman–Crippen MR) is 105 cm³/mol. The summed E-state index contributed by atoms with van der Waals surface area (Å²) in [5, 5.41) is 0. The number of aromatic nitrogens is 2. The van der Waals surface area contributed by atoms with Crippen molar-refractivity contribution < 1.29 is 9.59 Å². The van der Waals surface area contributed by atoms with E-state index in [1.165, 1.54) is 11.1 Å². The molecule has 4 heterocycles. The number of pyridine rings is 1. The Morgan fingerprint density at radius 1 is 0.821 bits per heavy atom.